The molecule has 0 spiro atoms. The van der Waals surface area contributed by atoms with E-state index in [9.17, 15) is 14.0 Å². The number of amidine groups is 1. The Bertz CT molecular complexity index is 1130. The summed E-state index contributed by atoms with van der Waals surface area (Å²) in [6, 6.07) is 14.4. The number of rotatable bonds is 6. The number of anilines is 1. The van der Waals surface area contributed by atoms with E-state index in [1.54, 1.807) is 37.1 Å². The molecule has 0 aromatic heterocycles. The van der Waals surface area contributed by atoms with Crippen molar-refractivity contribution in [3.05, 3.63) is 59.9 Å². The molecule has 1 fully saturated rings. The number of carbonyl (C=O) groups excluding carboxylic acids is 2. The van der Waals surface area contributed by atoms with Crippen LogP contribution in [0.4, 0.5) is 10.1 Å². The zero-order chi connectivity index (χ0) is 24.1. The number of thioether (sulfide) groups is 1. The fourth-order valence-electron chi connectivity index (χ4n) is 3.99. The van der Waals surface area contributed by atoms with Gasteiger partial charge in [0.25, 0.3) is 5.91 Å². The first-order valence-corrected chi connectivity index (χ1v) is 12.1. The summed E-state index contributed by atoms with van der Waals surface area (Å²) < 4.78 is 19.1. The smallest absolute Gasteiger partial charge is 0.257 e. The molecule has 2 aromatic carbocycles. The number of piperazine rings is 1. The van der Waals surface area contributed by atoms with Crippen molar-refractivity contribution >= 4 is 40.1 Å². The molecule has 0 saturated carbocycles. The minimum atomic E-state index is -0.651. The van der Waals surface area contributed by atoms with Gasteiger partial charge in [-0.1, -0.05) is 36.0 Å². The van der Waals surface area contributed by atoms with Crippen LogP contribution >= 0.6 is 11.8 Å². The molecular formula is C25H27FN4O3S. The second-order valence-corrected chi connectivity index (χ2v) is 9.13. The van der Waals surface area contributed by atoms with Crippen molar-refractivity contribution in [2.24, 2.45) is 15.9 Å². The third-order valence-electron chi connectivity index (χ3n) is 6.02. The Morgan fingerprint density at radius 3 is 2.59 bits per heavy atom. The number of amides is 2. The standard InChI is InChI=1S/C25H27FN4O3S/c1-17-21(24(32)28-25(27-17)34-16-18-6-3-4-9-22(18)26)15-23(31)30-12-10-29(11-13-30)19-7-5-8-20(14-19)33-2/h3-9,14,21H,10-13,15-16H2,1-2H3. The Morgan fingerprint density at radius 2 is 1.88 bits per heavy atom. The van der Waals surface area contributed by atoms with Gasteiger partial charge in [-0.25, -0.2) is 9.38 Å². The minimum Gasteiger partial charge on any atom is -0.497 e. The van der Waals surface area contributed by atoms with Gasteiger partial charge in [0.15, 0.2) is 5.17 Å². The van der Waals surface area contributed by atoms with Gasteiger partial charge >= 0.3 is 0 Å². The summed E-state index contributed by atoms with van der Waals surface area (Å²) in [4.78, 5) is 38.1. The van der Waals surface area contributed by atoms with Gasteiger partial charge in [0, 0.05) is 55.8 Å². The molecule has 34 heavy (non-hydrogen) atoms. The number of methoxy groups -OCH3 is 1. The molecule has 7 nitrogen and oxygen atoms in total. The lowest BCUT2D eigenvalue weighted by Gasteiger charge is -2.36. The molecule has 1 saturated heterocycles. The Morgan fingerprint density at radius 1 is 1.12 bits per heavy atom. The number of halogens is 1. The van der Waals surface area contributed by atoms with Crippen molar-refractivity contribution < 1.29 is 18.7 Å². The normalized spacial score (nSPS) is 18.4. The topological polar surface area (TPSA) is 74.6 Å². The first kappa shape index (κ1) is 23.9. The Balaban J connectivity index is 1.30. The third kappa shape index (κ3) is 5.64. The Kier molecular flexibility index (Phi) is 7.62. The maximum Gasteiger partial charge on any atom is 0.257 e. The summed E-state index contributed by atoms with van der Waals surface area (Å²) in [5, 5.41) is 0.307. The van der Waals surface area contributed by atoms with Crippen LogP contribution in [0.25, 0.3) is 0 Å². The second-order valence-electron chi connectivity index (χ2n) is 8.19. The molecule has 2 aliphatic heterocycles. The largest absolute Gasteiger partial charge is 0.497 e. The highest BCUT2D eigenvalue weighted by Gasteiger charge is 2.31. The van der Waals surface area contributed by atoms with E-state index in [2.05, 4.69) is 14.9 Å². The lowest BCUT2D eigenvalue weighted by molar-refractivity contribution is -0.134. The van der Waals surface area contributed by atoms with E-state index < -0.39 is 5.92 Å². The van der Waals surface area contributed by atoms with Crippen LogP contribution in [0.1, 0.15) is 18.9 Å². The van der Waals surface area contributed by atoms with Crippen molar-refractivity contribution in [2.45, 2.75) is 19.1 Å². The number of aliphatic imine (C=N–C) groups is 2. The molecule has 2 aromatic rings. The van der Waals surface area contributed by atoms with Gasteiger partial charge in [0.05, 0.1) is 13.0 Å². The van der Waals surface area contributed by atoms with Crippen LogP contribution in [0.5, 0.6) is 5.75 Å². The van der Waals surface area contributed by atoms with E-state index in [4.69, 9.17) is 4.74 Å². The summed E-state index contributed by atoms with van der Waals surface area (Å²) in [6.45, 7) is 4.33. The average Bonchev–Trinajstić information content (AvgIpc) is 2.85. The molecule has 0 N–H and O–H groups in total. The number of hydrogen-bond donors (Lipinski definition) is 0. The molecule has 1 atom stereocenters. The van der Waals surface area contributed by atoms with Gasteiger partial charge in [-0.15, -0.1) is 0 Å². The SMILES string of the molecule is COc1cccc(N2CCN(C(=O)CC3C(=O)N=C(SCc4ccccc4F)N=C3C)CC2)c1. The molecule has 4 rings (SSSR count). The average molecular weight is 483 g/mol. The van der Waals surface area contributed by atoms with Gasteiger partial charge < -0.3 is 14.5 Å². The van der Waals surface area contributed by atoms with Crippen molar-refractivity contribution in [2.75, 3.05) is 38.2 Å². The molecule has 1 unspecified atom stereocenters. The monoisotopic (exact) mass is 482 g/mol. The highest BCUT2D eigenvalue weighted by atomic mass is 32.2. The van der Waals surface area contributed by atoms with Crippen molar-refractivity contribution in [1.29, 1.82) is 0 Å². The maximum absolute atomic E-state index is 13.8. The molecule has 2 aliphatic rings. The van der Waals surface area contributed by atoms with Gasteiger partial charge in [-0.05, 0) is 30.7 Å². The molecule has 2 heterocycles. The number of ether oxygens (including phenoxy) is 1. The lowest BCUT2D eigenvalue weighted by atomic mass is 9.97. The van der Waals surface area contributed by atoms with Gasteiger partial charge in [-0.3, -0.25) is 9.59 Å². The molecule has 2 amide bonds. The third-order valence-corrected chi connectivity index (χ3v) is 6.92. The van der Waals surface area contributed by atoms with Crippen molar-refractivity contribution in [3.8, 4) is 5.75 Å². The minimum absolute atomic E-state index is 0.0576. The van der Waals surface area contributed by atoms with Gasteiger partial charge in [0.1, 0.15) is 11.6 Å². The van der Waals surface area contributed by atoms with E-state index in [1.165, 1.54) is 17.8 Å². The van der Waals surface area contributed by atoms with Crippen LogP contribution in [-0.2, 0) is 15.3 Å². The van der Waals surface area contributed by atoms with E-state index in [-0.39, 0.29) is 24.1 Å². The summed E-state index contributed by atoms with van der Waals surface area (Å²) in [5.74, 6) is -0.261. The van der Waals surface area contributed by atoms with Gasteiger partial charge in [-0.2, -0.15) is 4.99 Å². The summed E-state index contributed by atoms with van der Waals surface area (Å²) in [6.07, 6.45) is 0.0576. The first-order chi connectivity index (χ1) is 16.4. The maximum atomic E-state index is 13.8. The molecule has 0 bridgehead atoms. The zero-order valence-corrected chi connectivity index (χ0v) is 20.1. The highest BCUT2D eigenvalue weighted by Crippen LogP contribution is 2.25. The van der Waals surface area contributed by atoms with Gasteiger partial charge in [0.2, 0.25) is 5.91 Å². The zero-order valence-electron chi connectivity index (χ0n) is 19.2. The number of carbonyl (C=O) groups is 2. The Labute approximate surface area is 202 Å². The van der Waals surface area contributed by atoms with Crippen LogP contribution in [-0.4, -0.2) is 60.9 Å². The predicted octanol–water partition coefficient (Wildman–Crippen LogP) is 3.78. The van der Waals surface area contributed by atoms with E-state index in [1.807, 2.05) is 24.3 Å². The summed E-state index contributed by atoms with van der Waals surface area (Å²) in [5.41, 5.74) is 2.16. The second kappa shape index (κ2) is 10.8. The molecule has 0 aliphatic carbocycles. The molecule has 178 valence electrons. The first-order valence-electron chi connectivity index (χ1n) is 11.2. The number of benzene rings is 2. The predicted molar refractivity (Wildman–Crippen MR) is 133 cm³/mol. The van der Waals surface area contributed by atoms with E-state index in [0.717, 1.165) is 11.4 Å². The fraction of sp³-hybridized carbons (Fsp3) is 0.360. The fourth-order valence-corrected chi connectivity index (χ4v) is 4.87. The van der Waals surface area contributed by atoms with Crippen LogP contribution in [0.3, 0.4) is 0 Å². The number of hydrogen-bond acceptors (Lipinski definition) is 6. The van der Waals surface area contributed by atoms with E-state index >= 15 is 0 Å². The van der Waals surface area contributed by atoms with Crippen LogP contribution in [0.15, 0.2) is 58.5 Å². The number of nitrogens with zero attached hydrogens (tertiary/aromatic N) is 4. The Hall–Kier alpha value is -3.20. The highest BCUT2D eigenvalue weighted by molar-refractivity contribution is 8.13. The summed E-state index contributed by atoms with van der Waals surface area (Å²) in [7, 11) is 1.64. The molecular weight excluding hydrogens is 455 g/mol. The van der Waals surface area contributed by atoms with Crippen LogP contribution < -0.4 is 9.64 Å². The van der Waals surface area contributed by atoms with Crippen molar-refractivity contribution in [3.63, 3.8) is 0 Å². The lowest BCUT2D eigenvalue weighted by Crippen LogP contribution is -2.49. The van der Waals surface area contributed by atoms with Crippen LogP contribution in [0.2, 0.25) is 0 Å². The van der Waals surface area contributed by atoms with Crippen LogP contribution in [0, 0.1) is 11.7 Å². The summed E-state index contributed by atoms with van der Waals surface area (Å²) >= 11 is 1.21. The van der Waals surface area contributed by atoms with Crippen molar-refractivity contribution in [1.82, 2.24) is 4.90 Å². The quantitative estimate of drug-likeness (QED) is 0.627. The van der Waals surface area contributed by atoms with E-state index in [0.29, 0.717) is 48.4 Å². The molecule has 9 heteroatoms. The molecule has 0 radical (unpaired) electrons.